The highest BCUT2D eigenvalue weighted by Crippen LogP contribution is 2.29. The number of ether oxygens (including phenoxy) is 1. The average molecular weight is 290 g/mol. The van der Waals surface area contributed by atoms with E-state index < -0.39 is 11.6 Å². The van der Waals surface area contributed by atoms with Gasteiger partial charge in [-0.05, 0) is 23.8 Å². The molecular formula is C12H7Cl2F2NO. The van der Waals surface area contributed by atoms with E-state index in [-0.39, 0.29) is 22.5 Å². The van der Waals surface area contributed by atoms with Crippen LogP contribution >= 0.6 is 23.2 Å². The lowest BCUT2D eigenvalue weighted by Crippen LogP contribution is -1.93. The van der Waals surface area contributed by atoms with Gasteiger partial charge in [-0.3, -0.25) is 0 Å². The highest BCUT2D eigenvalue weighted by Gasteiger charge is 2.10. The van der Waals surface area contributed by atoms with E-state index in [1.54, 1.807) is 6.07 Å². The molecule has 0 saturated carbocycles. The van der Waals surface area contributed by atoms with Gasteiger partial charge in [0.25, 0.3) is 0 Å². The number of halogens is 4. The van der Waals surface area contributed by atoms with Crippen molar-refractivity contribution < 1.29 is 13.5 Å². The molecule has 1 aromatic heterocycles. The number of hydrogen-bond acceptors (Lipinski definition) is 2. The fraction of sp³-hybridized carbons (Fsp3) is 0.0833. The molecule has 0 aliphatic carbocycles. The minimum absolute atomic E-state index is 0.0380. The summed E-state index contributed by atoms with van der Waals surface area (Å²) >= 11 is 11.5. The highest BCUT2D eigenvalue weighted by atomic mass is 35.5. The van der Waals surface area contributed by atoms with Crippen molar-refractivity contribution >= 4 is 23.2 Å². The minimum Gasteiger partial charge on any atom is -0.434 e. The van der Waals surface area contributed by atoms with Crippen LogP contribution in [0.1, 0.15) is 5.56 Å². The van der Waals surface area contributed by atoms with Crippen LogP contribution < -0.4 is 4.74 Å². The van der Waals surface area contributed by atoms with Gasteiger partial charge in [0.15, 0.2) is 11.6 Å². The zero-order valence-corrected chi connectivity index (χ0v) is 10.5. The molecule has 0 aliphatic heterocycles. The van der Waals surface area contributed by atoms with E-state index in [1.165, 1.54) is 6.20 Å². The highest BCUT2D eigenvalue weighted by molar-refractivity contribution is 6.32. The molecule has 6 heteroatoms. The lowest BCUT2D eigenvalue weighted by molar-refractivity contribution is 0.424. The largest absolute Gasteiger partial charge is 0.434 e. The maximum absolute atomic E-state index is 13.4. The third-order valence-corrected chi connectivity index (χ3v) is 2.70. The summed E-state index contributed by atoms with van der Waals surface area (Å²) in [4.78, 5) is 3.91. The number of rotatable bonds is 3. The van der Waals surface area contributed by atoms with Crippen LogP contribution in [0.2, 0.25) is 5.02 Å². The molecule has 94 valence electrons. The molecule has 2 aromatic rings. The van der Waals surface area contributed by atoms with Crippen molar-refractivity contribution in [1.82, 2.24) is 4.98 Å². The van der Waals surface area contributed by atoms with E-state index in [9.17, 15) is 8.78 Å². The Morgan fingerprint density at radius 1 is 1.22 bits per heavy atom. The van der Waals surface area contributed by atoms with E-state index in [2.05, 4.69) is 4.98 Å². The van der Waals surface area contributed by atoms with Crippen molar-refractivity contribution in [3.05, 3.63) is 52.7 Å². The summed E-state index contributed by atoms with van der Waals surface area (Å²) in [5.41, 5.74) is 0.716. The fourth-order valence-corrected chi connectivity index (χ4v) is 1.65. The first-order valence-electron chi connectivity index (χ1n) is 4.93. The van der Waals surface area contributed by atoms with E-state index in [1.807, 2.05) is 0 Å². The molecule has 0 unspecified atom stereocenters. The van der Waals surface area contributed by atoms with Crippen LogP contribution in [-0.4, -0.2) is 4.98 Å². The molecule has 1 aromatic carbocycles. The Morgan fingerprint density at radius 3 is 2.61 bits per heavy atom. The average Bonchev–Trinajstić information content (AvgIpc) is 2.34. The second kappa shape index (κ2) is 5.50. The predicted octanol–water partition coefficient (Wildman–Crippen LogP) is 4.54. The van der Waals surface area contributed by atoms with Crippen LogP contribution in [-0.2, 0) is 5.88 Å². The van der Waals surface area contributed by atoms with Gasteiger partial charge in [-0.2, -0.15) is 0 Å². The molecule has 0 amide bonds. The van der Waals surface area contributed by atoms with Crippen molar-refractivity contribution in [3.63, 3.8) is 0 Å². The molecule has 0 N–H and O–H groups in total. The van der Waals surface area contributed by atoms with Gasteiger partial charge >= 0.3 is 0 Å². The lowest BCUT2D eigenvalue weighted by atomic mass is 10.3. The Kier molecular flexibility index (Phi) is 3.99. The maximum Gasteiger partial charge on any atom is 0.238 e. The Bertz CT molecular complexity index is 578. The van der Waals surface area contributed by atoms with Gasteiger partial charge in [-0.15, -0.1) is 11.6 Å². The summed E-state index contributed by atoms with van der Waals surface area (Å²) < 4.78 is 31.2. The second-order valence-electron chi connectivity index (χ2n) is 3.44. The maximum atomic E-state index is 13.4. The third kappa shape index (κ3) is 2.89. The van der Waals surface area contributed by atoms with Crippen LogP contribution in [0.15, 0.2) is 30.5 Å². The standard InChI is InChI=1S/C12H7Cl2F2NO/c13-5-7-3-9(14)12(17-6-7)18-11-2-1-8(15)4-10(11)16/h1-4,6H,5H2. The molecule has 0 saturated heterocycles. The number of alkyl halides is 1. The number of nitrogens with zero attached hydrogens (tertiary/aromatic N) is 1. The zero-order valence-electron chi connectivity index (χ0n) is 8.96. The normalized spacial score (nSPS) is 10.4. The Morgan fingerprint density at radius 2 is 2.00 bits per heavy atom. The summed E-state index contributed by atoms with van der Waals surface area (Å²) in [5, 5.41) is 0.205. The molecular weight excluding hydrogens is 283 g/mol. The van der Waals surface area contributed by atoms with Crippen molar-refractivity contribution in [1.29, 1.82) is 0 Å². The number of hydrogen-bond donors (Lipinski definition) is 0. The van der Waals surface area contributed by atoms with Gasteiger partial charge in [0.05, 0.1) is 0 Å². The van der Waals surface area contributed by atoms with Crippen molar-refractivity contribution in [2.45, 2.75) is 5.88 Å². The first kappa shape index (κ1) is 13.1. The molecule has 1 heterocycles. The monoisotopic (exact) mass is 289 g/mol. The molecule has 0 fully saturated rings. The Labute approximate surface area is 112 Å². The van der Waals surface area contributed by atoms with E-state index >= 15 is 0 Å². The molecule has 2 nitrogen and oxygen atoms in total. The van der Waals surface area contributed by atoms with Gasteiger partial charge in [-0.25, -0.2) is 13.8 Å². The molecule has 2 rings (SSSR count). The second-order valence-corrected chi connectivity index (χ2v) is 4.12. The molecule has 18 heavy (non-hydrogen) atoms. The van der Waals surface area contributed by atoms with Crippen LogP contribution in [0.25, 0.3) is 0 Å². The van der Waals surface area contributed by atoms with E-state index in [4.69, 9.17) is 27.9 Å². The van der Waals surface area contributed by atoms with E-state index in [0.29, 0.717) is 5.56 Å². The van der Waals surface area contributed by atoms with Crippen molar-refractivity contribution in [3.8, 4) is 11.6 Å². The van der Waals surface area contributed by atoms with Crippen molar-refractivity contribution in [2.24, 2.45) is 0 Å². The molecule has 0 bridgehead atoms. The third-order valence-electron chi connectivity index (χ3n) is 2.12. The van der Waals surface area contributed by atoms with Crippen molar-refractivity contribution in [2.75, 3.05) is 0 Å². The minimum atomic E-state index is -0.825. The number of pyridine rings is 1. The first-order valence-corrected chi connectivity index (χ1v) is 5.84. The summed E-state index contributed by atoms with van der Waals surface area (Å²) in [6.45, 7) is 0. The zero-order chi connectivity index (χ0) is 13.1. The van der Waals surface area contributed by atoms with Crippen LogP contribution in [0.3, 0.4) is 0 Å². The lowest BCUT2D eigenvalue weighted by Gasteiger charge is -2.08. The fourth-order valence-electron chi connectivity index (χ4n) is 1.28. The Hall–Kier alpha value is -1.39. The molecule has 0 atom stereocenters. The summed E-state index contributed by atoms with van der Waals surface area (Å²) in [6, 6.07) is 4.53. The molecule has 0 aliphatic rings. The van der Waals surface area contributed by atoms with Gasteiger partial charge < -0.3 is 4.74 Å². The predicted molar refractivity (Wildman–Crippen MR) is 65.2 cm³/mol. The van der Waals surface area contributed by atoms with Crippen LogP contribution in [0, 0.1) is 11.6 Å². The smallest absolute Gasteiger partial charge is 0.238 e. The summed E-state index contributed by atoms with van der Waals surface area (Å²) in [6.07, 6.45) is 1.47. The number of benzene rings is 1. The first-order chi connectivity index (χ1) is 8.60. The summed E-state index contributed by atoms with van der Waals surface area (Å²) in [5.74, 6) is -1.36. The van der Waals surface area contributed by atoms with Crippen LogP contribution in [0.5, 0.6) is 11.6 Å². The van der Waals surface area contributed by atoms with Gasteiger partial charge in [0.1, 0.15) is 10.8 Å². The SMILES string of the molecule is Fc1ccc(Oc2ncc(CCl)cc2Cl)c(F)c1. The quantitative estimate of drug-likeness (QED) is 0.774. The van der Waals surface area contributed by atoms with Crippen LogP contribution in [0.4, 0.5) is 8.78 Å². The number of aromatic nitrogens is 1. The Balaban J connectivity index is 2.28. The molecule has 0 spiro atoms. The summed E-state index contributed by atoms with van der Waals surface area (Å²) in [7, 11) is 0. The molecule has 0 radical (unpaired) electrons. The van der Waals surface area contributed by atoms with Gasteiger partial charge in [-0.1, -0.05) is 11.6 Å². The van der Waals surface area contributed by atoms with Gasteiger partial charge in [0.2, 0.25) is 5.88 Å². The topological polar surface area (TPSA) is 22.1 Å². The van der Waals surface area contributed by atoms with Gasteiger partial charge in [0, 0.05) is 18.1 Å². The van der Waals surface area contributed by atoms with E-state index in [0.717, 1.165) is 18.2 Å².